The van der Waals surface area contributed by atoms with Crippen molar-refractivity contribution in [3.8, 4) is 0 Å². The summed E-state index contributed by atoms with van der Waals surface area (Å²) in [7, 11) is 0. The van der Waals surface area contributed by atoms with E-state index in [1.54, 1.807) is 0 Å². The van der Waals surface area contributed by atoms with Crippen LogP contribution in [0.25, 0.3) is 0 Å². The number of hydrogen-bond acceptors (Lipinski definition) is 3. The van der Waals surface area contributed by atoms with Crippen molar-refractivity contribution in [3.05, 3.63) is 0 Å². The van der Waals surface area contributed by atoms with E-state index in [4.69, 9.17) is 5.11 Å². The van der Waals surface area contributed by atoms with E-state index in [9.17, 15) is 24.6 Å². The molecule has 10 atom stereocenters. The molecule has 0 aromatic carbocycles. The van der Waals surface area contributed by atoms with Gasteiger partial charge in [-0.15, -0.1) is 0 Å². The summed E-state index contributed by atoms with van der Waals surface area (Å²) in [5.41, 5.74) is 0.116. The quantitative estimate of drug-likeness (QED) is 0.517. The van der Waals surface area contributed by atoms with Crippen molar-refractivity contribution < 1.29 is 29.7 Å². The third kappa shape index (κ3) is 3.66. The van der Waals surface area contributed by atoms with E-state index in [1.807, 2.05) is 0 Å². The van der Waals surface area contributed by atoms with Crippen molar-refractivity contribution in [2.45, 2.75) is 85.0 Å². The second-order valence-corrected chi connectivity index (χ2v) is 12.1. The van der Waals surface area contributed by atoms with Gasteiger partial charge in [-0.25, -0.2) is 0 Å². The molecule has 0 amide bonds. The van der Waals surface area contributed by atoms with E-state index >= 15 is 0 Å². The van der Waals surface area contributed by atoms with Crippen LogP contribution in [0.2, 0.25) is 0 Å². The van der Waals surface area contributed by atoms with Crippen LogP contribution in [0, 0.1) is 58.2 Å². The fourth-order valence-corrected chi connectivity index (χ4v) is 9.28. The molecule has 6 nitrogen and oxygen atoms in total. The maximum Gasteiger partial charge on any atom is 0.306 e. The fourth-order valence-electron chi connectivity index (χ4n) is 9.28. The summed E-state index contributed by atoms with van der Waals surface area (Å²) in [6.45, 7) is 6.88. The first kappa shape index (κ1) is 23.6. The fraction of sp³-hybridized carbons (Fsp3) is 0.885. The van der Waals surface area contributed by atoms with Gasteiger partial charge in [0.1, 0.15) is 0 Å². The average molecular weight is 449 g/mol. The van der Waals surface area contributed by atoms with Crippen LogP contribution >= 0.6 is 0 Å². The Hall–Kier alpha value is -1.59. The lowest BCUT2D eigenvalue weighted by Crippen LogP contribution is -2.58. The van der Waals surface area contributed by atoms with E-state index in [0.29, 0.717) is 49.4 Å². The van der Waals surface area contributed by atoms with E-state index in [2.05, 4.69) is 20.8 Å². The third-order valence-electron chi connectivity index (χ3n) is 11.0. The monoisotopic (exact) mass is 448 g/mol. The molecule has 4 aliphatic rings. The normalized spacial score (nSPS) is 46.4. The van der Waals surface area contributed by atoms with Crippen LogP contribution in [-0.2, 0) is 14.4 Å². The summed E-state index contributed by atoms with van der Waals surface area (Å²) in [4.78, 5) is 35.3. The van der Waals surface area contributed by atoms with Crippen LogP contribution in [0.4, 0.5) is 0 Å². The SMILES string of the molecule is CC(CCC(=O)O)C1CCC2C3C(C(=O)O)CC4CC(C(=O)O)CCC4(C)C3CCC12C. The molecular weight excluding hydrogens is 408 g/mol. The highest BCUT2D eigenvalue weighted by Crippen LogP contribution is 2.69. The number of rotatable bonds is 6. The van der Waals surface area contributed by atoms with Gasteiger partial charge in [-0.05, 0) is 104 Å². The Morgan fingerprint density at radius 1 is 0.875 bits per heavy atom. The zero-order valence-corrected chi connectivity index (χ0v) is 19.8. The third-order valence-corrected chi connectivity index (χ3v) is 11.0. The molecule has 4 fully saturated rings. The minimum absolute atomic E-state index is 0.0386. The Kier molecular flexibility index (Phi) is 6.13. The van der Waals surface area contributed by atoms with Gasteiger partial charge >= 0.3 is 17.9 Å². The molecule has 3 N–H and O–H groups in total. The zero-order chi connectivity index (χ0) is 23.4. The molecule has 6 heteroatoms. The number of hydrogen-bond donors (Lipinski definition) is 3. The predicted octanol–water partition coefficient (Wildman–Crippen LogP) is 5.16. The summed E-state index contributed by atoms with van der Waals surface area (Å²) < 4.78 is 0. The molecule has 10 unspecified atom stereocenters. The van der Waals surface area contributed by atoms with Crippen molar-refractivity contribution in [2.24, 2.45) is 58.2 Å². The van der Waals surface area contributed by atoms with Crippen molar-refractivity contribution in [2.75, 3.05) is 0 Å². The summed E-state index contributed by atoms with van der Waals surface area (Å²) in [6, 6.07) is 0. The highest BCUT2D eigenvalue weighted by Gasteiger charge is 2.64. The molecule has 0 heterocycles. The molecule has 4 saturated carbocycles. The van der Waals surface area contributed by atoms with E-state index in [0.717, 1.165) is 32.1 Å². The van der Waals surface area contributed by atoms with Crippen LogP contribution in [0.15, 0.2) is 0 Å². The predicted molar refractivity (Wildman–Crippen MR) is 119 cm³/mol. The molecule has 180 valence electrons. The maximum absolute atomic E-state index is 12.5. The largest absolute Gasteiger partial charge is 0.481 e. The molecule has 0 aliphatic heterocycles. The number of fused-ring (bicyclic) bond motifs is 5. The van der Waals surface area contributed by atoms with Gasteiger partial charge < -0.3 is 15.3 Å². The van der Waals surface area contributed by atoms with Crippen LogP contribution in [-0.4, -0.2) is 33.2 Å². The van der Waals surface area contributed by atoms with Gasteiger partial charge in [-0.1, -0.05) is 20.8 Å². The molecule has 32 heavy (non-hydrogen) atoms. The minimum atomic E-state index is -0.741. The van der Waals surface area contributed by atoms with Gasteiger partial charge in [-0.2, -0.15) is 0 Å². The lowest BCUT2D eigenvalue weighted by Gasteiger charge is -2.62. The van der Waals surface area contributed by atoms with Gasteiger partial charge in [-0.3, -0.25) is 14.4 Å². The van der Waals surface area contributed by atoms with Gasteiger partial charge in [0.15, 0.2) is 0 Å². The van der Waals surface area contributed by atoms with E-state index in [1.165, 1.54) is 0 Å². The molecule has 0 spiro atoms. The number of carbonyl (C=O) groups is 3. The van der Waals surface area contributed by atoms with Gasteiger partial charge in [0.05, 0.1) is 11.8 Å². The second kappa shape index (κ2) is 8.32. The van der Waals surface area contributed by atoms with Crippen LogP contribution in [0.1, 0.15) is 85.0 Å². The van der Waals surface area contributed by atoms with Crippen molar-refractivity contribution >= 4 is 17.9 Å². The smallest absolute Gasteiger partial charge is 0.306 e. The average Bonchev–Trinajstić information content (AvgIpc) is 3.07. The van der Waals surface area contributed by atoms with Crippen LogP contribution in [0.5, 0.6) is 0 Å². The second-order valence-electron chi connectivity index (χ2n) is 12.1. The Morgan fingerprint density at radius 3 is 2.16 bits per heavy atom. The molecular formula is C26H40O6. The molecule has 0 bridgehead atoms. The minimum Gasteiger partial charge on any atom is -0.481 e. The molecule has 4 rings (SSSR count). The highest BCUT2D eigenvalue weighted by atomic mass is 16.4. The summed E-state index contributed by atoms with van der Waals surface area (Å²) in [6.07, 6.45) is 7.94. The molecule has 4 aliphatic carbocycles. The number of carboxylic acid groups (broad SMARTS) is 3. The Balaban J connectivity index is 1.61. The maximum atomic E-state index is 12.5. The highest BCUT2D eigenvalue weighted by molar-refractivity contribution is 5.72. The van der Waals surface area contributed by atoms with E-state index in [-0.39, 0.29) is 40.9 Å². The van der Waals surface area contributed by atoms with Crippen LogP contribution < -0.4 is 0 Å². The first-order valence-corrected chi connectivity index (χ1v) is 12.7. The molecule has 0 radical (unpaired) electrons. The van der Waals surface area contributed by atoms with Crippen molar-refractivity contribution in [3.63, 3.8) is 0 Å². The lowest BCUT2D eigenvalue weighted by molar-refractivity contribution is -0.176. The summed E-state index contributed by atoms with van der Waals surface area (Å²) >= 11 is 0. The topological polar surface area (TPSA) is 112 Å². The van der Waals surface area contributed by atoms with Gasteiger partial charge in [0.2, 0.25) is 0 Å². The number of aliphatic carboxylic acids is 3. The lowest BCUT2D eigenvalue weighted by atomic mass is 9.41. The Morgan fingerprint density at radius 2 is 1.53 bits per heavy atom. The first-order valence-electron chi connectivity index (χ1n) is 12.7. The van der Waals surface area contributed by atoms with Gasteiger partial charge in [0, 0.05) is 6.42 Å². The standard InChI is InChI=1S/C26H40O6/c1-14(4-7-21(27)28)18-5-6-19-22-17(24(31)32)13-16-12-15(23(29)30)8-10-25(16,2)20(22)9-11-26(18,19)3/h14-20,22H,4-13H2,1-3H3,(H,27,28)(H,29,30)(H,31,32). The van der Waals surface area contributed by atoms with Crippen LogP contribution in [0.3, 0.4) is 0 Å². The summed E-state index contributed by atoms with van der Waals surface area (Å²) in [5.74, 6) is -1.05. The molecule has 0 aromatic rings. The Labute approximate surface area is 191 Å². The Bertz CT molecular complexity index is 778. The first-order chi connectivity index (χ1) is 15.0. The van der Waals surface area contributed by atoms with E-state index < -0.39 is 17.9 Å². The van der Waals surface area contributed by atoms with Crippen molar-refractivity contribution in [1.29, 1.82) is 0 Å². The van der Waals surface area contributed by atoms with Crippen molar-refractivity contribution in [1.82, 2.24) is 0 Å². The molecule has 0 aromatic heterocycles. The number of carboxylic acids is 3. The zero-order valence-electron chi connectivity index (χ0n) is 19.8. The summed E-state index contributed by atoms with van der Waals surface area (Å²) in [5, 5.41) is 29.0. The molecule has 0 saturated heterocycles. The van der Waals surface area contributed by atoms with Gasteiger partial charge in [0.25, 0.3) is 0 Å².